The molecular formula is C27H27N3O7. The highest BCUT2D eigenvalue weighted by Gasteiger charge is 2.40. The standard InChI is InChI=1S/C27H27N3O7/c1-16-3-7-18(8-4-16)25(31)34-15-22-21(37-26(32)19-9-5-17(2)6-10-19)13-23(36-22)30-14-20-11-12-35-29-24(20)28-27(30)33/h3-10,14,21-23H,11-13,15H2,1-2H3,(H,28,29,33)/t21-,22+,23-/m0/s1. The number of aromatic nitrogens is 2. The van der Waals surface area contributed by atoms with Crippen LogP contribution in [0.15, 0.2) is 59.5 Å². The third kappa shape index (κ3) is 5.55. The van der Waals surface area contributed by atoms with Gasteiger partial charge in [0.2, 0.25) is 0 Å². The molecule has 3 atom stereocenters. The van der Waals surface area contributed by atoms with Crippen LogP contribution in [-0.2, 0) is 25.5 Å². The Balaban J connectivity index is 1.35. The number of nitrogens with zero attached hydrogens (tertiary/aromatic N) is 2. The van der Waals surface area contributed by atoms with Gasteiger partial charge in [-0.25, -0.2) is 19.9 Å². The fourth-order valence-electron chi connectivity index (χ4n) is 4.24. The molecule has 1 aromatic heterocycles. The van der Waals surface area contributed by atoms with Crippen molar-refractivity contribution >= 4 is 17.8 Å². The van der Waals surface area contributed by atoms with Gasteiger partial charge >= 0.3 is 17.6 Å². The normalized spacial score (nSPS) is 20.5. The smallest absolute Gasteiger partial charge is 0.351 e. The highest BCUT2D eigenvalue weighted by atomic mass is 16.6. The fraction of sp³-hybridized carbons (Fsp3) is 0.333. The van der Waals surface area contributed by atoms with Gasteiger partial charge in [-0.2, -0.15) is 4.98 Å². The molecule has 3 heterocycles. The zero-order chi connectivity index (χ0) is 25.9. The van der Waals surface area contributed by atoms with Gasteiger partial charge in [-0.3, -0.25) is 9.40 Å². The van der Waals surface area contributed by atoms with Crippen molar-refractivity contribution in [2.24, 2.45) is 0 Å². The van der Waals surface area contributed by atoms with Crippen molar-refractivity contribution in [1.82, 2.24) is 9.55 Å². The van der Waals surface area contributed by atoms with Gasteiger partial charge in [-0.1, -0.05) is 35.4 Å². The van der Waals surface area contributed by atoms with Crippen LogP contribution in [-0.4, -0.2) is 46.9 Å². The molecule has 1 saturated heterocycles. The summed E-state index contributed by atoms with van der Waals surface area (Å²) in [5, 5.41) is 0. The fourth-order valence-corrected chi connectivity index (χ4v) is 4.24. The Morgan fingerprint density at radius 3 is 2.35 bits per heavy atom. The average Bonchev–Trinajstić information content (AvgIpc) is 3.29. The second-order valence-corrected chi connectivity index (χ2v) is 9.14. The van der Waals surface area contributed by atoms with Crippen molar-refractivity contribution in [2.45, 2.75) is 45.1 Å². The molecule has 1 fully saturated rings. The predicted molar refractivity (Wildman–Crippen MR) is 132 cm³/mol. The Bertz CT molecular complexity index is 1350. The van der Waals surface area contributed by atoms with Crippen LogP contribution in [0, 0.1) is 13.8 Å². The number of aryl methyl sites for hydroxylation is 2. The minimum Gasteiger partial charge on any atom is -0.459 e. The number of hydrogen-bond donors (Lipinski definition) is 1. The number of hydrogen-bond acceptors (Lipinski definition) is 9. The van der Waals surface area contributed by atoms with E-state index in [1.165, 1.54) is 4.57 Å². The lowest BCUT2D eigenvalue weighted by Gasteiger charge is -2.20. The Labute approximate surface area is 213 Å². The van der Waals surface area contributed by atoms with Gasteiger partial charge in [0.1, 0.15) is 25.0 Å². The highest BCUT2D eigenvalue weighted by Crippen LogP contribution is 2.32. The van der Waals surface area contributed by atoms with Crippen LogP contribution in [0.3, 0.4) is 0 Å². The first-order valence-corrected chi connectivity index (χ1v) is 12.0. The summed E-state index contributed by atoms with van der Waals surface area (Å²) >= 11 is 0. The largest absolute Gasteiger partial charge is 0.459 e. The predicted octanol–water partition coefficient (Wildman–Crippen LogP) is 3.13. The lowest BCUT2D eigenvalue weighted by Crippen LogP contribution is -2.32. The summed E-state index contributed by atoms with van der Waals surface area (Å²) in [5.41, 5.74) is 5.74. The van der Waals surface area contributed by atoms with E-state index in [1.54, 1.807) is 30.5 Å². The van der Waals surface area contributed by atoms with Crippen molar-refractivity contribution in [3.05, 3.63) is 93.0 Å². The highest BCUT2D eigenvalue weighted by molar-refractivity contribution is 5.90. The Kier molecular flexibility index (Phi) is 7.02. The first kappa shape index (κ1) is 24.7. The summed E-state index contributed by atoms with van der Waals surface area (Å²) in [5.74, 6) is -0.674. The van der Waals surface area contributed by atoms with Gasteiger partial charge in [0.15, 0.2) is 5.82 Å². The van der Waals surface area contributed by atoms with E-state index in [1.807, 2.05) is 38.1 Å². The van der Waals surface area contributed by atoms with Crippen molar-refractivity contribution in [3.8, 4) is 0 Å². The van der Waals surface area contributed by atoms with Gasteiger partial charge < -0.3 is 14.2 Å². The number of carbonyl (C=O) groups excluding carboxylic acids is 2. The van der Waals surface area contributed by atoms with E-state index in [-0.39, 0.29) is 13.0 Å². The molecule has 0 saturated carbocycles. The maximum Gasteiger partial charge on any atom is 0.351 e. The Morgan fingerprint density at radius 1 is 1.03 bits per heavy atom. The first-order chi connectivity index (χ1) is 17.9. The summed E-state index contributed by atoms with van der Waals surface area (Å²) < 4.78 is 18.8. The third-order valence-corrected chi connectivity index (χ3v) is 6.37. The molecule has 0 spiro atoms. The molecule has 0 aliphatic carbocycles. The SMILES string of the molecule is Cc1ccc(C(=O)OC[C@H]2O[C@H](n3cc4c(nc3=O)NOCC4)C[C@@H]2OC(=O)c2ccc(C)cc2)cc1. The summed E-state index contributed by atoms with van der Waals surface area (Å²) in [6, 6.07) is 14.0. The zero-order valence-corrected chi connectivity index (χ0v) is 20.5. The van der Waals surface area contributed by atoms with E-state index in [0.29, 0.717) is 30.0 Å². The van der Waals surface area contributed by atoms with Crippen molar-refractivity contribution < 1.29 is 28.6 Å². The zero-order valence-electron chi connectivity index (χ0n) is 20.5. The van der Waals surface area contributed by atoms with Crippen LogP contribution >= 0.6 is 0 Å². The number of benzene rings is 2. The molecule has 37 heavy (non-hydrogen) atoms. The molecule has 192 valence electrons. The van der Waals surface area contributed by atoms with E-state index in [0.717, 1.165) is 16.7 Å². The summed E-state index contributed by atoms with van der Waals surface area (Å²) in [6.07, 6.45) is 0.143. The van der Waals surface area contributed by atoms with Crippen molar-refractivity contribution in [3.63, 3.8) is 0 Å². The quantitative estimate of drug-likeness (QED) is 0.504. The molecule has 0 radical (unpaired) electrons. The maximum atomic E-state index is 12.9. The lowest BCUT2D eigenvalue weighted by atomic mass is 10.1. The van der Waals surface area contributed by atoms with E-state index in [9.17, 15) is 14.4 Å². The number of ether oxygens (including phenoxy) is 3. The van der Waals surface area contributed by atoms with Crippen LogP contribution in [0.5, 0.6) is 0 Å². The van der Waals surface area contributed by atoms with E-state index in [2.05, 4.69) is 10.5 Å². The van der Waals surface area contributed by atoms with Crippen LogP contribution in [0.2, 0.25) is 0 Å². The Hall–Kier alpha value is -4.02. The minimum absolute atomic E-state index is 0.155. The molecule has 1 N–H and O–H groups in total. The lowest BCUT2D eigenvalue weighted by molar-refractivity contribution is -0.0583. The molecule has 10 nitrogen and oxygen atoms in total. The molecule has 0 bridgehead atoms. The van der Waals surface area contributed by atoms with E-state index < -0.39 is 36.1 Å². The maximum absolute atomic E-state index is 12.9. The topological polar surface area (TPSA) is 118 Å². The van der Waals surface area contributed by atoms with Gasteiger partial charge in [0.05, 0.1) is 17.7 Å². The summed E-state index contributed by atoms with van der Waals surface area (Å²) in [7, 11) is 0. The third-order valence-electron chi connectivity index (χ3n) is 6.37. The second-order valence-electron chi connectivity index (χ2n) is 9.14. The van der Waals surface area contributed by atoms with Gasteiger partial charge in [0.25, 0.3) is 0 Å². The van der Waals surface area contributed by atoms with Crippen LogP contribution in [0.4, 0.5) is 5.82 Å². The van der Waals surface area contributed by atoms with E-state index in [4.69, 9.17) is 19.0 Å². The van der Waals surface area contributed by atoms with Crippen molar-refractivity contribution in [1.29, 1.82) is 0 Å². The molecule has 5 rings (SSSR count). The van der Waals surface area contributed by atoms with Crippen LogP contribution in [0.25, 0.3) is 0 Å². The molecule has 2 aromatic carbocycles. The number of carbonyl (C=O) groups is 2. The molecule has 2 aliphatic rings. The van der Waals surface area contributed by atoms with Gasteiger partial charge in [-0.15, -0.1) is 0 Å². The number of anilines is 1. The number of fused-ring (bicyclic) bond motifs is 1. The number of nitrogens with one attached hydrogen (secondary N) is 1. The monoisotopic (exact) mass is 505 g/mol. The van der Waals surface area contributed by atoms with E-state index >= 15 is 0 Å². The average molecular weight is 506 g/mol. The Morgan fingerprint density at radius 2 is 1.68 bits per heavy atom. The van der Waals surface area contributed by atoms with Crippen LogP contribution in [0.1, 0.15) is 50.1 Å². The molecule has 10 heteroatoms. The van der Waals surface area contributed by atoms with Crippen LogP contribution < -0.4 is 11.2 Å². The van der Waals surface area contributed by atoms with Crippen molar-refractivity contribution in [2.75, 3.05) is 18.7 Å². The van der Waals surface area contributed by atoms with Gasteiger partial charge in [-0.05, 0) is 38.1 Å². The molecule has 0 amide bonds. The number of rotatable bonds is 6. The molecular weight excluding hydrogens is 478 g/mol. The summed E-state index contributed by atoms with van der Waals surface area (Å²) in [6.45, 7) is 4.13. The second kappa shape index (κ2) is 10.5. The number of esters is 2. The molecule has 0 unspecified atom stereocenters. The minimum atomic E-state index is -0.779. The van der Waals surface area contributed by atoms with Gasteiger partial charge in [0, 0.05) is 24.6 Å². The molecule has 3 aromatic rings. The summed E-state index contributed by atoms with van der Waals surface area (Å²) in [4.78, 5) is 47.4. The first-order valence-electron chi connectivity index (χ1n) is 12.0. The molecule has 2 aliphatic heterocycles.